The van der Waals surface area contributed by atoms with E-state index in [1.54, 1.807) is 12.1 Å². The van der Waals surface area contributed by atoms with Gasteiger partial charge in [0, 0.05) is 36.2 Å². The Hall–Kier alpha value is -0.450. The van der Waals surface area contributed by atoms with Gasteiger partial charge in [-0.3, -0.25) is 4.90 Å². The number of rotatable bonds is 3. The molecule has 0 amide bonds. The number of halogens is 2. The molecule has 1 saturated carbocycles. The highest BCUT2D eigenvalue weighted by Crippen LogP contribution is 2.34. The fourth-order valence-electron chi connectivity index (χ4n) is 2.85. The number of benzene rings is 1. The quantitative estimate of drug-likeness (QED) is 0.917. The van der Waals surface area contributed by atoms with Gasteiger partial charge >= 0.3 is 0 Å². The molecular formula is C15H20BrFN2. The molecule has 2 aliphatic rings. The third-order valence-electron chi connectivity index (χ3n) is 4.31. The molecule has 2 nitrogen and oxygen atoms in total. The van der Waals surface area contributed by atoms with Gasteiger partial charge < -0.3 is 5.32 Å². The predicted molar refractivity (Wildman–Crippen MR) is 78.5 cm³/mol. The van der Waals surface area contributed by atoms with E-state index in [0.717, 1.165) is 30.0 Å². The molecule has 1 aliphatic heterocycles. The van der Waals surface area contributed by atoms with Crippen molar-refractivity contribution in [1.82, 2.24) is 10.2 Å². The summed E-state index contributed by atoms with van der Waals surface area (Å²) >= 11 is 3.47. The number of hydrogen-bond donors (Lipinski definition) is 1. The SMILES string of the molecule is CC1CNC(C2CC2)CN1Cc1ccc(F)cc1Br. The third kappa shape index (κ3) is 3.18. The van der Waals surface area contributed by atoms with Crippen molar-refractivity contribution in [2.45, 2.75) is 38.4 Å². The molecule has 104 valence electrons. The van der Waals surface area contributed by atoms with Crippen molar-refractivity contribution in [3.63, 3.8) is 0 Å². The number of hydrogen-bond acceptors (Lipinski definition) is 2. The summed E-state index contributed by atoms with van der Waals surface area (Å²) in [5, 5.41) is 3.66. The van der Waals surface area contributed by atoms with Gasteiger partial charge in [0.05, 0.1) is 0 Å². The van der Waals surface area contributed by atoms with Crippen LogP contribution in [0.2, 0.25) is 0 Å². The first-order valence-corrected chi connectivity index (χ1v) is 7.84. The second-order valence-electron chi connectivity index (χ2n) is 5.87. The van der Waals surface area contributed by atoms with Crippen molar-refractivity contribution in [1.29, 1.82) is 0 Å². The first-order valence-electron chi connectivity index (χ1n) is 7.05. The summed E-state index contributed by atoms with van der Waals surface area (Å²) in [6.45, 7) is 5.32. The lowest BCUT2D eigenvalue weighted by atomic mass is 10.0. The first kappa shape index (κ1) is 13.5. The first-order chi connectivity index (χ1) is 9.13. The molecule has 0 aromatic heterocycles. The van der Waals surface area contributed by atoms with Crippen LogP contribution in [-0.2, 0) is 6.54 Å². The highest BCUT2D eigenvalue weighted by atomic mass is 79.9. The zero-order valence-electron chi connectivity index (χ0n) is 11.2. The molecule has 0 radical (unpaired) electrons. The van der Waals surface area contributed by atoms with E-state index in [-0.39, 0.29) is 5.82 Å². The summed E-state index contributed by atoms with van der Waals surface area (Å²) in [4.78, 5) is 2.51. The molecule has 2 atom stereocenters. The minimum Gasteiger partial charge on any atom is -0.311 e. The fraction of sp³-hybridized carbons (Fsp3) is 0.600. The van der Waals surface area contributed by atoms with E-state index in [1.807, 2.05) is 6.07 Å². The molecular weight excluding hydrogens is 307 g/mol. The molecule has 1 N–H and O–H groups in total. The number of piperazine rings is 1. The van der Waals surface area contributed by atoms with Gasteiger partial charge in [-0.25, -0.2) is 4.39 Å². The summed E-state index contributed by atoms with van der Waals surface area (Å²) in [7, 11) is 0. The Morgan fingerprint density at radius 3 is 2.89 bits per heavy atom. The van der Waals surface area contributed by atoms with E-state index in [0.29, 0.717) is 12.1 Å². The molecule has 1 aromatic carbocycles. The minimum atomic E-state index is -0.181. The lowest BCUT2D eigenvalue weighted by Crippen LogP contribution is -2.55. The highest BCUT2D eigenvalue weighted by molar-refractivity contribution is 9.10. The average Bonchev–Trinajstić information content (AvgIpc) is 3.19. The molecule has 2 fully saturated rings. The van der Waals surface area contributed by atoms with Crippen LogP contribution in [0, 0.1) is 11.7 Å². The normalized spacial score (nSPS) is 28.6. The Labute approximate surface area is 122 Å². The summed E-state index contributed by atoms with van der Waals surface area (Å²) in [6.07, 6.45) is 2.75. The van der Waals surface area contributed by atoms with E-state index in [9.17, 15) is 4.39 Å². The molecule has 1 aromatic rings. The Balaban J connectivity index is 1.69. The molecule has 1 aliphatic carbocycles. The Bertz CT molecular complexity index is 461. The van der Waals surface area contributed by atoms with Gasteiger partial charge in [0.25, 0.3) is 0 Å². The van der Waals surface area contributed by atoms with E-state index < -0.39 is 0 Å². The van der Waals surface area contributed by atoms with E-state index >= 15 is 0 Å². The van der Waals surface area contributed by atoms with Crippen molar-refractivity contribution >= 4 is 15.9 Å². The minimum absolute atomic E-state index is 0.181. The predicted octanol–water partition coefficient (Wildman–Crippen LogP) is 3.16. The topological polar surface area (TPSA) is 15.3 Å². The number of nitrogens with zero attached hydrogens (tertiary/aromatic N) is 1. The van der Waals surface area contributed by atoms with Gasteiger partial charge in [-0.15, -0.1) is 0 Å². The van der Waals surface area contributed by atoms with Crippen LogP contribution in [0.3, 0.4) is 0 Å². The molecule has 19 heavy (non-hydrogen) atoms. The Kier molecular flexibility index (Phi) is 3.92. The zero-order valence-corrected chi connectivity index (χ0v) is 12.8. The van der Waals surface area contributed by atoms with Crippen molar-refractivity contribution < 1.29 is 4.39 Å². The Morgan fingerprint density at radius 2 is 2.21 bits per heavy atom. The summed E-state index contributed by atoms with van der Waals surface area (Å²) in [5.41, 5.74) is 1.17. The van der Waals surface area contributed by atoms with Crippen LogP contribution < -0.4 is 5.32 Å². The lowest BCUT2D eigenvalue weighted by molar-refractivity contribution is 0.125. The zero-order chi connectivity index (χ0) is 13.4. The second-order valence-corrected chi connectivity index (χ2v) is 6.72. The lowest BCUT2D eigenvalue weighted by Gasteiger charge is -2.39. The largest absolute Gasteiger partial charge is 0.311 e. The van der Waals surface area contributed by atoms with Gasteiger partial charge in [0.15, 0.2) is 0 Å². The van der Waals surface area contributed by atoms with Gasteiger partial charge in [-0.05, 0) is 43.4 Å². The molecule has 1 saturated heterocycles. The van der Waals surface area contributed by atoms with Gasteiger partial charge in [-0.2, -0.15) is 0 Å². The van der Waals surface area contributed by atoms with E-state index in [2.05, 4.69) is 33.1 Å². The maximum atomic E-state index is 13.1. The summed E-state index contributed by atoms with van der Waals surface area (Å²) < 4.78 is 14.0. The summed E-state index contributed by atoms with van der Waals surface area (Å²) in [6, 6.07) is 6.18. The van der Waals surface area contributed by atoms with Crippen LogP contribution in [0.5, 0.6) is 0 Å². The van der Waals surface area contributed by atoms with Crippen LogP contribution in [0.1, 0.15) is 25.3 Å². The van der Waals surface area contributed by atoms with Crippen molar-refractivity contribution in [2.75, 3.05) is 13.1 Å². The van der Waals surface area contributed by atoms with E-state index in [4.69, 9.17) is 0 Å². The van der Waals surface area contributed by atoms with Crippen LogP contribution in [0.4, 0.5) is 4.39 Å². The Morgan fingerprint density at radius 1 is 1.42 bits per heavy atom. The maximum absolute atomic E-state index is 13.1. The van der Waals surface area contributed by atoms with Crippen molar-refractivity contribution in [2.24, 2.45) is 5.92 Å². The molecule has 0 bridgehead atoms. The van der Waals surface area contributed by atoms with Crippen LogP contribution in [0.25, 0.3) is 0 Å². The molecule has 2 unspecified atom stereocenters. The van der Waals surface area contributed by atoms with Crippen LogP contribution >= 0.6 is 15.9 Å². The fourth-order valence-corrected chi connectivity index (χ4v) is 3.33. The molecule has 1 heterocycles. The van der Waals surface area contributed by atoms with Gasteiger partial charge in [-0.1, -0.05) is 22.0 Å². The molecule has 0 spiro atoms. The van der Waals surface area contributed by atoms with Gasteiger partial charge in [0.2, 0.25) is 0 Å². The van der Waals surface area contributed by atoms with E-state index in [1.165, 1.54) is 18.4 Å². The third-order valence-corrected chi connectivity index (χ3v) is 5.05. The second kappa shape index (κ2) is 5.51. The monoisotopic (exact) mass is 326 g/mol. The number of nitrogens with one attached hydrogen (secondary N) is 1. The molecule has 3 rings (SSSR count). The van der Waals surface area contributed by atoms with Crippen LogP contribution in [0.15, 0.2) is 22.7 Å². The molecule has 4 heteroatoms. The summed E-state index contributed by atoms with van der Waals surface area (Å²) in [5.74, 6) is 0.700. The standard InChI is InChI=1S/C15H20BrFN2/c1-10-7-18-15(11-2-3-11)9-19(10)8-12-4-5-13(17)6-14(12)16/h4-6,10-11,15,18H,2-3,7-9H2,1H3. The van der Waals surface area contributed by atoms with Crippen LogP contribution in [-0.4, -0.2) is 30.1 Å². The smallest absolute Gasteiger partial charge is 0.124 e. The average molecular weight is 327 g/mol. The maximum Gasteiger partial charge on any atom is 0.124 e. The van der Waals surface area contributed by atoms with Gasteiger partial charge in [0.1, 0.15) is 5.82 Å². The van der Waals surface area contributed by atoms with Crippen molar-refractivity contribution in [3.05, 3.63) is 34.1 Å². The highest BCUT2D eigenvalue weighted by Gasteiger charge is 2.35. The van der Waals surface area contributed by atoms with Crippen molar-refractivity contribution in [3.8, 4) is 0 Å².